The van der Waals surface area contributed by atoms with Crippen LogP contribution in [0.1, 0.15) is 56.5 Å². The van der Waals surface area contributed by atoms with Crippen LogP contribution in [-0.4, -0.2) is 6.04 Å². The second-order valence-electron chi connectivity index (χ2n) is 5.96. The van der Waals surface area contributed by atoms with Gasteiger partial charge in [-0.05, 0) is 55.5 Å². The van der Waals surface area contributed by atoms with Gasteiger partial charge in [0.25, 0.3) is 0 Å². The van der Waals surface area contributed by atoms with Gasteiger partial charge in [-0.1, -0.05) is 13.8 Å². The minimum Gasteiger partial charge on any atom is -0.307 e. The fourth-order valence-electron chi connectivity index (χ4n) is 2.84. The molecule has 1 aromatic rings. The fourth-order valence-corrected chi connectivity index (χ4v) is 3.78. The first kappa shape index (κ1) is 12.1. The van der Waals surface area contributed by atoms with E-state index in [1.54, 1.807) is 0 Å². The molecular formula is C14H23NS. The summed E-state index contributed by atoms with van der Waals surface area (Å²) in [7, 11) is 0. The smallest absolute Gasteiger partial charge is 0.0390 e. The highest BCUT2D eigenvalue weighted by Gasteiger charge is 2.31. The lowest BCUT2D eigenvalue weighted by molar-refractivity contribution is 0.357. The SMILES string of the molecule is Cc1ccsc1C(C)NC1CCC(C)(C)C1. The quantitative estimate of drug-likeness (QED) is 0.827. The van der Waals surface area contributed by atoms with E-state index >= 15 is 0 Å². The number of hydrogen-bond acceptors (Lipinski definition) is 2. The van der Waals surface area contributed by atoms with Crippen LogP contribution < -0.4 is 5.32 Å². The molecule has 0 aromatic carbocycles. The van der Waals surface area contributed by atoms with E-state index in [0.717, 1.165) is 0 Å². The first-order valence-electron chi connectivity index (χ1n) is 6.28. The standard InChI is InChI=1S/C14H23NS/c1-10-6-8-16-13(10)11(2)15-12-5-7-14(3,4)9-12/h6,8,11-12,15H,5,7,9H2,1-4H3. The Bertz CT molecular complexity index is 353. The second-order valence-corrected chi connectivity index (χ2v) is 6.91. The van der Waals surface area contributed by atoms with Gasteiger partial charge in [-0.25, -0.2) is 0 Å². The van der Waals surface area contributed by atoms with Crippen LogP contribution in [0.15, 0.2) is 11.4 Å². The van der Waals surface area contributed by atoms with Crippen molar-refractivity contribution in [2.75, 3.05) is 0 Å². The van der Waals surface area contributed by atoms with E-state index in [-0.39, 0.29) is 0 Å². The van der Waals surface area contributed by atoms with Crippen LogP contribution in [-0.2, 0) is 0 Å². The van der Waals surface area contributed by atoms with Gasteiger partial charge in [-0.3, -0.25) is 0 Å². The van der Waals surface area contributed by atoms with Crippen molar-refractivity contribution >= 4 is 11.3 Å². The molecule has 2 heteroatoms. The highest BCUT2D eigenvalue weighted by atomic mass is 32.1. The summed E-state index contributed by atoms with van der Waals surface area (Å²) in [5.74, 6) is 0. The Morgan fingerprint density at radius 3 is 2.75 bits per heavy atom. The summed E-state index contributed by atoms with van der Waals surface area (Å²) in [6.07, 6.45) is 4.02. The molecular weight excluding hydrogens is 214 g/mol. The molecule has 0 aliphatic heterocycles. The molecule has 0 spiro atoms. The van der Waals surface area contributed by atoms with E-state index in [9.17, 15) is 0 Å². The van der Waals surface area contributed by atoms with Crippen LogP contribution in [0, 0.1) is 12.3 Å². The molecule has 1 aliphatic carbocycles. The average Bonchev–Trinajstić information content (AvgIpc) is 2.72. The molecule has 1 aliphatic rings. The topological polar surface area (TPSA) is 12.0 Å². The third kappa shape index (κ3) is 2.67. The monoisotopic (exact) mass is 237 g/mol. The molecule has 90 valence electrons. The molecule has 1 nitrogen and oxygen atoms in total. The van der Waals surface area contributed by atoms with Crippen LogP contribution >= 0.6 is 11.3 Å². The van der Waals surface area contributed by atoms with Gasteiger partial charge in [0.15, 0.2) is 0 Å². The van der Waals surface area contributed by atoms with Crippen molar-refractivity contribution < 1.29 is 0 Å². The summed E-state index contributed by atoms with van der Waals surface area (Å²) in [5.41, 5.74) is 1.98. The second kappa shape index (κ2) is 4.50. The minimum atomic E-state index is 0.513. The normalized spacial score (nSPS) is 25.9. The van der Waals surface area contributed by atoms with Crippen LogP contribution in [0.3, 0.4) is 0 Å². The Morgan fingerprint density at radius 2 is 2.25 bits per heavy atom. The summed E-state index contributed by atoms with van der Waals surface area (Å²) in [5, 5.41) is 5.98. The van der Waals surface area contributed by atoms with Crippen LogP contribution in [0.25, 0.3) is 0 Å². The van der Waals surface area contributed by atoms with E-state index in [2.05, 4.69) is 44.5 Å². The van der Waals surface area contributed by atoms with Gasteiger partial charge >= 0.3 is 0 Å². The van der Waals surface area contributed by atoms with Crippen molar-refractivity contribution in [1.82, 2.24) is 5.32 Å². The van der Waals surface area contributed by atoms with E-state index in [1.165, 1.54) is 29.7 Å². The Labute approximate surface area is 103 Å². The number of nitrogens with one attached hydrogen (secondary N) is 1. The third-order valence-electron chi connectivity index (χ3n) is 3.75. The van der Waals surface area contributed by atoms with Crippen LogP contribution in [0.2, 0.25) is 0 Å². The molecule has 1 fully saturated rings. The molecule has 0 bridgehead atoms. The molecule has 16 heavy (non-hydrogen) atoms. The Kier molecular flexibility index (Phi) is 3.41. The van der Waals surface area contributed by atoms with Crippen molar-refractivity contribution in [2.24, 2.45) is 5.41 Å². The van der Waals surface area contributed by atoms with Crippen molar-refractivity contribution in [3.63, 3.8) is 0 Å². The molecule has 1 saturated carbocycles. The van der Waals surface area contributed by atoms with Gasteiger partial charge in [-0.15, -0.1) is 11.3 Å². The summed E-state index contributed by atoms with van der Waals surface area (Å²) in [4.78, 5) is 1.50. The van der Waals surface area contributed by atoms with E-state index in [1.807, 2.05) is 11.3 Å². The lowest BCUT2D eigenvalue weighted by Crippen LogP contribution is -2.29. The Hall–Kier alpha value is -0.340. The van der Waals surface area contributed by atoms with Gasteiger partial charge in [0, 0.05) is 17.0 Å². The highest BCUT2D eigenvalue weighted by molar-refractivity contribution is 7.10. The maximum absolute atomic E-state index is 3.79. The third-order valence-corrected chi connectivity index (χ3v) is 4.95. The first-order chi connectivity index (χ1) is 7.48. The maximum atomic E-state index is 3.79. The Balaban J connectivity index is 1.94. The molecule has 2 rings (SSSR count). The van der Waals surface area contributed by atoms with Gasteiger partial charge in [-0.2, -0.15) is 0 Å². The largest absolute Gasteiger partial charge is 0.307 e. The zero-order valence-corrected chi connectivity index (χ0v) is 11.7. The zero-order valence-electron chi connectivity index (χ0n) is 10.8. The van der Waals surface area contributed by atoms with Crippen molar-refractivity contribution in [3.8, 4) is 0 Å². The molecule has 1 aromatic heterocycles. The summed E-state index contributed by atoms with van der Waals surface area (Å²) in [6.45, 7) is 9.28. The fraction of sp³-hybridized carbons (Fsp3) is 0.714. The molecule has 2 unspecified atom stereocenters. The zero-order chi connectivity index (χ0) is 11.8. The number of hydrogen-bond donors (Lipinski definition) is 1. The van der Waals surface area contributed by atoms with Gasteiger partial charge in [0.2, 0.25) is 0 Å². The maximum Gasteiger partial charge on any atom is 0.0390 e. The number of thiophene rings is 1. The van der Waals surface area contributed by atoms with Crippen molar-refractivity contribution in [3.05, 3.63) is 21.9 Å². The van der Waals surface area contributed by atoms with Crippen molar-refractivity contribution in [1.29, 1.82) is 0 Å². The van der Waals surface area contributed by atoms with Crippen LogP contribution in [0.4, 0.5) is 0 Å². The predicted octanol–water partition coefficient (Wildman–Crippen LogP) is 4.29. The first-order valence-corrected chi connectivity index (χ1v) is 7.16. The lowest BCUT2D eigenvalue weighted by Gasteiger charge is -2.21. The predicted molar refractivity (Wildman–Crippen MR) is 72.0 cm³/mol. The van der Waals surface area contributed by atoms with E-state index in [4.69, 9.17) is 0 Å². The molecule has 0 radical (unpaired) electrons. The number of rotatable bonds is 3. The van der Waals surface area contributed by atoms with Crippen LogP contribution in [0.5, 0.6) is 0 Å². The van der Waals surface area contributed by atoms with E-state index < -0.39 is 0 Å². The molecule has 0 saturated heterocycles. The molecule has 1 N–H and O–H groups in total. The molecule has 2 atom stereocenters. The molecule has 0 amide bonds. The number of aryl methyl sites for hydroxylation is 1. The van der Waals surface area contributed by atoms with Crippen molar-refractivity contribution in [2.45, 2.75) is 59.0 Å². The summed E-state index contributed by atoms with van der Waals surface area (Å²) < 4.78 is 0. The summed E-state index contributed by atoms with van der Waals surface area (Å²) >= 11 is 1.88. The lowest BCUT2D eigenvalue weighted by atomic mass is 9.92. The average molecular weight is 237 g/mol. The molecule has 1 heterocycles. The summed E-state index contributed by atoms with van der Waals surface area (Å²) in [6, 6.07) is 3.45. The Morgan fingerprint density at radius 1 is 1.50 bits per heavy atom. The minimum absolute atomic E-state index is 0.513. The van der Waals surface area contributed by atoms with E-state index in [0.29, 0.717) is 17.5 Å². The van der Waals surface area contributed by atoms with Gasteiger partial charge in [0.1, 0.15) is 0 Å². The van der Waals surface area contributed by atoms with Gasteiger partial charge < -0.3 is 5.32 Å². The van der Waals surface area contributed by atoms with Gasteiger partial charge in [0.05, 0.1) is 0 Å². The highest BCUT2D eigenvalue weighted by Crippen LogP contribution is 2.38.